The summed E-state index contributed by atoms with van der Waals surface area (Å²) in [5, 5.41) is 2.89. The van der Waals surface area contributed by atoms with E-state index in [0.717, 1.165) is 15.7 Å². The third kappa shape index (κ3) is 3.71. The lowest BCUT2D eigenvalue weighted by Crippen LogP contribution is -2.12. The molecule has 2 rings (SSSR count). The van der Waals surface area contributed by atoms with E-state index in [1.165, 1.54) is 5.56 Å². The number of benzene rings is 2. The maximum Gasteiger partial charge on any atom is 0.255 e. The quantitative estimate of drug-likeness (QED) is 0.754. The van der Waals surface area contributed by atoms with Crippen molar-refractivity contribution in [3.8, 4) is 11.5 Å². The van der Waals surface area contributed by atoms with Gasteiger partial charge in [0.2, 0.25) is 0 Å². The Morgan fingerprint density at radius 1 is 1.14 bits per heavy atom. The minimum Gasteiger partial charge on any atom is -0.493 e. The first-order valence-corrected chi connectivity index (χ1v) is 7.98. The molecule has 1 N–H and O–H groups in total. The van der Waals surface area contributed by atoms with Crippen LogP contribution in [0, 0.1) is 3.57 Å². The third-order valence-electron chi connectivity index (χ3n) is 3.32. The Morgan fingerprint density at radius 3 is 2.36 bits per heavy atom. The lowest BCUT2D eigenvalue weighted by Gasteiger charge is -2.12. The van der Waals surface area contributed by atoms with Crippen molar-refractivity contribution in [3.63, 3.8) is 0 Å². The Hall–Kier alpha value is -1.76. The van der Waals surface area contributed by atoms with Crippen LogP contribution in [0.5, 0.6) is 11.5 Å². The molecule has 0 radical (unpaired) electrons. The van der Waals surface area contributed by atoms with Gasteiger partial charge in [-0.25, -0.2) is 0 Å². The molecule has 4 nitrogen and oxygen atoms in total. The average Bonchev–Trinajstić information content (AvgIpc) is 2.54. The molecular formula is C17H18INO3. The summed E-state index contributed by atoms with van der Waals surface area (Å²) in [4.78, 5) is 12.4. The molecule has 2 aromatic carbocycles. The second-order valence-electron chi connectivity index (χ2n) is 4.70. The molecule has 0 spiro atoms. The zero-order valence-electron chi connectivity index (χ0n) is 12.8. The van der Waals surface area contributed by atoms with Crippen molar-refractivity contribution in [2.45, 2.75) is 13.3 Å². The molecule has 0 aliphatic heterocycles. The molecule has 0 aromatic heterocycles. The number of amides is 1. The predicted octanol–water partition coefficient (Wildman–Crippen LogP) is 4.12. The summed E-state index contributed by atoms with van der Waals surface area (Å²) in [6, 6.07) is 11.3. The summed E-state index contributed by atoms with van der Waals surface area (Å²) in [5.41, 5.74) is 2.53. The first-order valence-electron chi connectivity index (χ1n) is 6.90. The molecule has 0 unspecified atom stereocenters. The van der Waals surface area contributed by atoms with E-state index in [1.807, 2.05) is 24.3 Å². The number of ether oxygens (including phenoxy) is 2. The van der Waals surface area contributed by atoms with Gasteiger partial charge < -0.3 is 14.8 Å². The van der Waals surface area contributed by atoms with E-state index < -0.39 is 0 Å². The molecule has 0 aliphatic rings. The number of rotatable bonds is 5. The fourth-order valence-corrected chi connectivity index (χ4v) is 2.90. The first kappa shape index (κ1) is 16.6. The van der Waals surface area contributed by atoms with Gasteiger partial charge in [-0.2, -0.15) is 0 Å². The van der Waals surface area contributed by atoms with Crippen molar-refractivity contribution in [3.05, 3.63) is 51.1 Å². The second kappa shape index (κ2) is 7.49. The van der Waals surface area contributed by atoms with Crippen LogP contribution < -0.4 is 14.8 Å². The van der Waals surface area contributed by atoms with E-state index in [-0.39, 0.29) is 5.91 Å². The second-order valence-corrected chi connectivity index (χ2v) is 5.86. The van der Waals surface area contributed by atoms with Crippen LogP contribution in [-0.4, -0.2) is 20.1 Å². The molecule has 116 valence electrons. The fraction of sp³-hybridized carbons (Fsp3) is 0.235. The number of anilines is 1. The van der Waals surface area contributed by atoms with Crippen LogP contribution in [0.2, 0.25) is 0 Å². The van der Waals surface area contributed by atoms with Crippen LogP contribution in [0.1, 0.15) is 22.8 Å². The minimum atomic E-state index is -0.178. The molecular weight excluding hydrogens is 393 g/mol. The Bertz CT molecular complexity index is 668. The molecule has 0 atom stereocenters. The van der Waals surface area contributed by atoms with E-state index in [4.69, 9.17) is 9.47 Å². The molecule has 0 aliphatic carbocycles. The van der Waals surface area contributed by atoms with Gasteiger partial charge in [0, 0.05) is 11.3 Å². The summed E-state index contributed by atoms with van der Waals surface area (Å²) < 4.78 is 11.4. The topological polar surface area (TPSA) is 47.6 Å². The van der Waals surface area contributed by atoms with Crippen LogP contribution in [-0.2, 0) is 6.42 Å². The van der Waals surface area contributed by atoms with E-state index in [0.29, 0.717) is 17.1 Å². The monoisotopic (exact) mass is 411 g/mol. The van der Waals surface area contributed by atoms with Crippen molar-refractivity contribution in [2.75, 3.05) is 19.5 Å². The summed E-state index contributed by atoms with van der Waals surface area (Å²) in [6.45, 7) is 2.10. The van der Waals surface area contributed by atoms with Crippen LogP contribution in [0.25, 0.3) is 0 Å². The van der Waals surface area contributed by atoms with Crippen LogP contribution >= 0.6 is 22.6 Å². The van der Waals surface area contributed by atoms with Crippen molar-refractivity contribution >= 4 is 34.2 Å². The van der Waals surface area contributed by atoms with Gasteiger partial charge in [0.25, 0.3) is 5.91 Å². The van der Waals surface area contributed by atoms with Crippen molar-refractivity contribution < 1.29 is 14.3 Å². The molecule has 5 heteroatoms. The summed E-state index contributed by atoms with van der Waals surface area (Å²) in [6.07, 6.45) is 0.974. The predicted molar refractivity (Wildman–Crippen MR) is 96.0 cm³/mol. The first-order chi connectivity index (χ1) is 10.6. The Morgan fingerprint density at radius 2 is 1.82 bits per heavy atom. The normalized spacial score (nSPS) is 10.2. The number of carbonyl (C=O) groups excluding carboxylic acids is 1. The molecule has 0 bridgehead atoms. The largest absolute Gasteiger partial charge is 0.493 e. The standard InChI is InChI=1S/C17H18INO3/c1-4-11-5-7-13(8-6-11)19-17(20)12-9-14(18)16(22-3)15(10-12)21-2/h5-10H,4H2,1-3H3,(H,19,20). The number of halogens is 1. The van der Waals surface area contributed by atoms with E-state index in [2.05, 4.69) is 34.8 Å². The van der Waals surface area contributed by atoms with Gasteiger partial charge in [-0.3, -0.25) is 4.79 Å². The SMILES string of the molecule is CCc1ccc(NC(=O)c2cc(I)c(OC)c(OC)c2)cc1. The number of aryl methyl sites for hydroxylation is 1. The lowest BCUT2D eigenvalue weighted by molar-refractivity contribution is 0.102. The molecule has 22 heavy (non-hydrogen) atoms. The average molecular weight is 411 g/mol. The highest BCUT2D eigenvalue weighted by atomic mass is 127. The highest BCUT2D eigenvalue weighted by molar-refractivity contribution is 14.1. The Kier molecular flexibility index (Phi) is 5.65. The van der Waals surface area contributed by atoms with E-state index in [9.17, 15) is 4.79 Å². The van der Waals surface area contributed by atoms with Gasteiger partial charge in [-0.15, -0.1) is 0 Å². The number of hydrogen-bond acceptors (Lipinski definition) is 3. The van der Waals surface area contributed by atoms with Crippen LogP contribution in [0.4, 0.5) is 5.69 Å². The molecule has 0 fully saturated rings. The summed E-state index contributed by atoms with van der Waals surface area (Å²) in [7, 11) is 3.13. The molecule has 1 amide bonds. The molecule has 0 saturated heterocycles. The molecule has 2 aromatic rings. The van der Waals surface area contributed by atoms with E-state index in [1.54, 1.807) is 26.4 Å². The highest BCUT2D eigenvalue weighted by Crippen LogP contribution is 2.33. The Labute approximate surface area is 144 Å². The molecule has 0 saturated carbocycles. The van der Waals surface area contributed by atoms with Crippen molar-refractivity contribution in [1.82, 2.24) is 0 Å². The van der Waals surface area contributed by atoms with Gasteiger partial charge >= 0.3 is 0 Å². The summed E-state index contributed by atoms with van der Waals surface area (Å²) >= 11 is 2.12. The van der Waals surface area contributed by atoms with Crippen LogP contribution in [0.15, 0.2) is 36.4 Å². The van der Waals surface area contributed by atoms with E-state index >= 15 is 0 Å². The number of hydrogen-bond donors (Lipinski definition) is 1. The highest BCUT2D eigenvalue weighted by Gasteiger charge is 2.15. The zero-order valence-corrected chi connectivity index (χ0v) is 14.9. The van der Waals surface area contributed by atoms with Gasteiger partial charge in [0.1, 0.15) is 0 Å². The smallest absolute Gasteiger partial charge is 0.255 e. The zero-order chi connectivity index (χ0) is 16.1. The fourth-order valence-electron chi connectivity index (χ4n) is 2.08. The van der Waals surface area contributed by atoms with Crippen molar-refractivity contribution in [1.29, 1.82) is 0 Å². The lowest BCUT2D eigenvalue weighted by atomic mass is 10.1. The minimum absolute atomic E-state index is 0.178. The maximum absolute atomic E-state index is 12.4. The van der Waals surface area contributed by atoms with Gasteiger partial charge in [0.15, 0.2) is 11.5 Å². The number of carbonyl (C=O) groups is 1. The van der Waals surface area contributed by atoms with Gasteiger partial charge in [0.05, 0.1) is 17.8 Å². The van der Waals surface area contributed by atoms with Gasteiger partial charge in [-0.05, 0) is 58.8 Å². The summed E-state index contributed by atoms with van der Waals surface area (Å²) in [5.74, 6) is 0.996. The third-order valence-corrected chi connectivity index (χ3v) is 4.12. The number of nitrogens with one attached hydrogen (secondary N) is 1. The van der Waals surface area contributed by atoms with Crippen LogP contribution in [0.3, 0.4) is 0 Å². The van der Waals surface area contributed by atoms with Crippen molar-refractivity contribution in [2.24, 2.45) is 0 Å². The maximum atomic E-state index is 12.4. The Balaban J connectivity index is 2.23. The molecule has 0 heterocycles. The van der Waals surface area contributed by atoms with Gasteiger partial charge in [-0.1, -0.05) is 19.1 Å². The number of methoxy groups -OCH3 is 2.